The normalized spacial score (nSPS) is 18.0. The minimum atomic E-state index is -1.20. The van der Waals surface area contributed by atoms with Crippen molar-refractivity contribution in [2.24, 2.45) is 5.92 Å². The Hall–Kier alpha value is -1.63. The highest BCUT2D eigenvalue weighted by molar-refractivity contribution is 5.85. The molecular formula is C11H18N2O5. The molecular weight excluding hydrogens is 240 g/mol. The Bertz CT molecular complexity index is 325. The molecule has 0 aliphatic carbocycles. The zero-order valence-corrected chi connectivity index (χ0v) is 10.0. The lowest BCUT2D eigenvalue weighted by atomic mass is 9.96. The van der Waals surface area contributed by atoms with Crippen molar-refractivity contribution < 1.29 is 24.6 Å². The summed E-state index contributed by atoms with van der Waals surface area (Å²) in [5.41, 5.74) is 0. The van der Waals surface area contributed by atoms with Gasteiger partial charge in [0.15, 0.2) is 0 Å². The fourth-order valence-corrected chi connectivity index (χ4v) is 1.90. The van der Waals surface area contributed by atoms with E-state index in [4.69, 9.17) is 10.2 Å². The van der Waals surface area contributed by atoms with E-state index in [9.17, 15) is 14.4 Å². The molecule has 1 rings (SSSR count). The Balaban J connectivity index is 2.46. The molecule has 1 aliphatic heterocycles. The highest BCUT2D eigenvalue weighted by Gasteiger charge is 2.26. The van der Waals surface area contributed by atoms with E-state index in [0.717, 1.165) is 13.1 Å². The topological polar surface area (TPSA) is 116 Å². The molecule has 1 aliphatic rings. The van der Waals surface area contributed by atoms with Crippen molar-refractivity contribution in [2.45, 2.75) is 31.7 Å². The number of hydrogen-bond acceptors (Lipinski definition) is 4. The second-order valence-electron chi connectivity index (χ2n) is 4.36. The molecule has 1 fully saturated rings. The van der Waals surface area contributed by atoms with Crippen molar-refractivity contribution in [3.05, 3.63) is 0 Å². The molecule has 1 saturated heterocycles. The van der Waals surface area contributed by atoms with Crippen LogP contribution in [0.5, 0.6) is 0 Å². The van der Waals surface area contributed by atoms with Gasteiger partial charge in [0.1, 0.15) is 6.04 Å². The third kappa shape index (κ3) is 4.70. The highest BCUT2D eigenvalue weighted by atomic mass is 16.4. The summed E-state index contributed by atoms with van der Waals surface area (Å²) in [6, 6.07) is -1.12. The first-order chi connectivity index (χ1) is 8.50. The number of rotatable bonds is 6. The van der Waals surface area contributed by atoms with Crippen molar-refractivity contribution >= 4 is 17.8 Å². The van der Waals surface area contributed by atoms with Crippen LogP contribution in [0.1, 0.15) is 25.7 Å². The van der Waals surface area contributed by atoms with Crippen molar-refractivity contribution in [3.63, 3.8) is 0 Å². The molecule has 1 atom stereocenters. The largest absolute Gasteiger partial charge is 0.481 e. The minimum Gasteiger partial charge on any atom is -0.481 e. The van der Waals surface area contributed by atoms with Gasteiger partial charge in [0.2, 0.25) is 5.91 Å². The Morgan fingerprint density at radius 3 is 2.33 bits per heavy atom. The van der Waals surface area contributed by atoms with Gasteiger partial charge >= 0.3 is 11.9 Å². The number of amides is 1. The number of carbonyl (C=O) groups excluding carboxylic acids is 1. The first-order valence-corrected chi connectivity index (χ1v) is 5.96. The van der Waals surface area contributed by atoms with E-state index >= 15 is 0 Å². The lowest BCUT2D eigenvalue weighted by Crippen LogP contribution is -2.46. The van der Waals surface area contributed by atoms with Crippen LogP contribution in [-0.2, 0) is 14.4 Å². The van der Waals surface area contributed by atoms with Crippen LogP contribution in [-0.4, -0.2) is 47.2 Å². The van der Waals surface area contributed by atoms with E-state index < -0.39 is 18.0 Å². The van der Waals surface area contributed by atoms with E-state index in [1.807, 2.05) is 0 Å². The van der Waals surface area contributed by atoms with Gasteiger partial charge in [-0.2, -0.15) is 0 Å². The van der Waals surface area contributed by atoms with Gasteiger partial charge < -0.3 is 20.8 Å². The first kappa shape index (κ1) is 14.4. The number of aliphatic carboxylic acids is 2. The molecule has 18 heavy (non-hydrogen) atoms. The minimum absolute atomic E-state index is 0.0959. The third-order valence-electron chi connectivity index (χ3n) is 2.97. The fourth-order valence-electron chi connectivity index (χ4n) is 1.90. The summed E-state index contributed by atoms with van der Waals surface area (Å²) in [6.45, 7) is 1.48. The van der Waals surface area contributed by atoms with Crippen molar-refractivity contribution in [2.75, 3.05) is 13.1 Å². The van der Waals surface area contributed by atoms with E-state index in [0.29, 0.717) is 12.8 Å². The number of nitrogens with one attached hydrogen (secondary N) is 2. The van der Waals surface area contributed by atoms with Crippen LogP contribution in [0.25, 0.3) is 0 Å². The summed E-state index contributed by atoms with van der Waals surface area (Å²) in [4.78, 5) is 33.1. The van der Waals surface area contributed by atoms with Crippen LogP contribution >= 0.6 is 0 Å². The average Bonchev–Trinajstić information content (AvgIpc) is 2.34. The predicted octanol–water partition coefficient (Wildman–Crippen LogP) is -0.580. The molecule has 0 unspecified atom stereocenters. The standard InChI is InChI=1S/C11H18N2O5/c14-9(15)2-1-8(11(17)18)13-10(16)7-3-5-12-6-4-7/h7-8,12H,1-6H2,(H,13,16)(H,14,15)(H,17,18)/t8-/m0/s1. The van der Waals surface area contributed by atoms with Gasteiger partial charge in [0, 0.05) is 12.3 Å². The maximum atomic E-state index is 11.8. The van der Waals surface area contributed by atoms with Crippen LogP contribution in [0.3, 0.4) is 0 Å². The Morgan fingerprint density at radius 2 is 1.83 bits per heavy atom. The lowest BCUT2D eigenvalue weighted by molar-refractivity contribution is -0.143. The summed E-state index contributed by atoms with van der Waals surface area (Å²) >= 11 is 0. The molecule has 0 radical (unpaired) electrons. The predicted molar refractivity (Wildman–Crippen MR) is 62.0 cm³/mol. The molecule has 4 N–H and O–H groups in total. The van der Waals surface area contributed by atoms with Gasteiger partial charge in [0.25, 0.3) is 0 Å². The van der Waals surface area contributed by atoms with Gasteiger partial charge in [-0.1, -0.05) is 0 Å². The van der Waals surface area contributed by atoms with Crippen molar-refractivity contribution in [3.8, 4) is 0 Å². The zero-order chi connectivity index (χ0) is 13.5. The molecule has 0 aromatic heterocycles. The third-order valence-corrected chi connectivity index (χ3v) is 2.97. The smallest absolute Gasteiger partial charge is 0.326 e. The molecule has 0 saturated carbocycles. The van der Waals surface area contributed by atoms with Crippen LogP contribution in [0.2, 0.25) is 0 Å². The van der Waals surface area contributed by atoms with E-state index in [-0.39, 0.29) is 24.7 Å². The summed E-state index contributed by atoms with van der Waals surface area (Å²) in [5, 5.41) is 23.0. The molecule has 0 spiro atoms. The van der Waals surface area contributed by atoms with E-state index in [1.165, 1.54) is 0 Å². The van der Waals surface area contributed by atoms with Crippen LogP contribution < -0.4 is 10.6 Å². The second kappa shape index (κ2) is 6.95. The number of hydrogen-bond donors (Lipinski definition) is 4. The molecule has 0 bridgehead atoms. The molecule has 0 aromatic rings. The molecule has 1 heterocycles. The monoisotopic (exact) mass is 258 g/mol. The maximum absolute atomic E-state index is 11.8. The maximum Gasteiger partial charge on any atom is 0.326 e. The second-order valence-corrected chi connectivity index (χ2v) is 4.36. The highest BCUT2D eigenvalue weighted by Crippen LogP contribution is 2.12. The molecule has 102 valence electrons. The van der Waals surface area contributed by atoms with Crippen molar-refractivity contribution in [1.82, 2.24) is 10.6 Å². The molecule has 1 amide bonds. The van der Waals surface area contributed by atoms with Gasteiger partial charge in [-0.3, -0.25) is 9.59 Å². The van der Waals surface area contributed by atoms with Crippen molar-refractivity contribution in [1.29, 1.82) is 0 Å². The summed E-state index contributed by atoms with van der Waals surface area (Å²) in [5.74, 6) is -2.75. The average molecular weight is 258 g/mol. The summed E-state index contributed by atoms with van der Waals surface area (Å²) in [6.07, 6.45) is 0.985. The number of piperidine rings is 1. The SMILES string of the molecule is O=C(O)CC[C@H](NC(=O)C1CCNCC1)C(=O)O. The van der Waals surface area contributed by atoms with Crippen LogP contribution in [0.15, 0.2) is 0 Å². The Morgan fingerprint density at radius 1 is 1.22 bits per heavy atom. The lowest BCUT2D eigenvalue weighted by Gasteiger charge is -2.23. The zero-order valence-electron chi connectivity index (χ0n) is 10.0. The van der Waals surface area contributed by atoms with Gasteiger partial charge in [-0.15, -0.1) is 0 Å². The summed E-state index contributed by atoms with van der Waals surface area (Å²) in [7, 11) is 0. The fraction of sp³-hybridized carbons (Fsp3) is 0.727. The van der Waals surface area contributed by atoms with Crippen LogP contribution in [0.4, 0.5) is 0 Å². The van der Waals surface area contributed by atoms with Gasteiger partial charge in [-0.25, -0.2) is 4.79 Å². The summed E-state index contributed by atoms with van der Waals surface area (Å²) < 4.78 is 0. The molecule has 7 heteroatoms. The molecule has 0 aromatic carbocycles. The molecule has 7 nitrogen and oxygen atoms in total. The van der Waals surface area contributed by atoms with Gasteiger partial charge in [-0.05, 0) is 32.4 Å². The quantitative estimate of drug-likeness (QED) is 0.506. The first-order valence-electron chi connectivity index (χ1n) is 5.96. The van der Waals surface area contributed by atoms with E-state index in [1.54, 1.807) is 0 Å². The Kier molecular flexibility index (Phi) is 5.57. The Labute approximate surface area is 105 Å². The van der Waals surface area contributed by atoms with E-state index in [2.05, 4.69) is 10.6 Å². The van der Waals surface area contributed by atoms with Gasteiger partial charge in [0.05, 0.1) is 0 Å². The number of carbonyl (C=O) groups is 3. The van der Waals surface area contributed by atoms with Crippen LogP contribution in [0, 0.1) is 5.92 Å². The number of carboxylic acid groups (broad SMARTS) is 2. The number of carboxylic acids is 2.